The molecule has 6 heteroatoms. The van der Waals surface area contributed by atoms with Crippen molar-refractivity contribution in [1.29, 1.82) is 0 Å². The molecular weight excluding hydrogens is 281 g/mol. The molecule has 0 radical (unpaired) electrons. The van der Waals surface area contributed by atoms with Gasteiger partial charge in [-0.15, -0.1) is 0 Å². The molecule has 1 saturated heterocycles. The van der Waals surface area contributed by atoms with E-state index < -0.39 is 10.0 Å². The molecule has 112 valence electrons. The van der Waals surface area contributed by atoms with Crippen LogP contribution < -0.4 is 0 Å². The summed E-state index contributed by atoms with van der Waals surface area (Å²) in [5.74, 6) is -0.317. The zero-order valence-electron chi connectivity index (χ0n) is 11.6. The molecule has 1 aromatic rings. The molecule has 0 aliphatic carbocycles. The Morgan fingerprint density at radius 2 is 2.25 bits per heavy atom. The van der Waals surface area contributed by atoms with Gasteiger partial charge in [-0.1, -0.05) is 12.1 Å². The zero-order chi connectivity index (χ0) is 14.6. The van der Waals surface area contributed by atoms with E-state index in [9.17, 15) is 12.8 Å². The van der Waals surface area contributed by atoms with E-state index in [2.05, 4.69) is 0 Å². The van der Waals surface area contributed by atoms with Gasteiger partial charge in [0.05, 0.1) is 11.9 Å². The Kier molecular flexibility index (Phi) is 5.12. The molecule has 1 aliphatic rings. The van der Waals surface area contributed by atoms with Gasteiger partial charge in [0, 0.05) is 19.7 Å². The number of benzene rings is 1. The Morgan fingerprint density at radius 3 is 2.85 bits per heavy atom. The first kappa shape index (κ1) is 15.4. The molecule has 0 N–H and O–H groups in total. The lowest BCUT2D eigenvalue weighted by atomic mass is 10.2. The van der Waals surface area contributed by atoms with Crippen LogP contribution in [0, 0.1) is 5.82 Å². The number of halogens is 1. The minimum atomic E-state index is -3.33. The van der Waals surface area contributed by atoms with Crippen LogP contribution in [0.15, 0.2) is 24.3 Å². The van der Waals surface area contributed by atoms with Crippen LogP contribution in [0.2, 0.25) is 0 Å². The molecule has 1 aliphatic heterocycles. The maximum atomic E-state index is 13.2. The Labute approximate surface area is 119 Å². The average Bonchev–Trinajstić information content (AvgIpc) is 2.91. The van der Waals surface area contributed by atoms with Crippen molar-refractivity contribution < 1.29 is 17.5 Å². The smallest absolute Gasteiger partial charge is 0.214 e. The van der Waals surface area contributed by atoms with Crippen LogP contribution in [0.25, 0.3) is 0 Å². The third-order valence-corrected chi connectivity index (χ3v) is 5.23. The van der Waals surface area contributed by atoms with Gasteiger partial charge in [-0.3, -0.25) is 0 Å². The molecular formula is C14H20FNO3S. The summed E-state index contributed by atoms with van der Waals surface area (Å²) in [5, 5.41) is 0. The number of hydrogen-bond donors (Lipinski definition) is 0. The molecule has 0 aromatic heterocycles. The van der Waals surface area contributed by atoms with E-state index in [0.717, 1.165) is 12.8 Å². The summed E-state index contributed by atoms with van der Waals surface area (Å²) in [6, 6.07) is 6.04. The first-order valence-corrected chi connectivity index (χ1v) is 8.46. The summed E-state index contributed by atoms with van der Waals surface area (Å²) in [6.07, 6.45) is 1.79. The fourth-order valence-electron chi connectivity index (χ4n) is 2.31. The number of ether oxygens (including phenoxy) is 1. The second kappa shape index (κ2) is 6.65. The van der Waals surface area contributed by atoms with Crippen molar-refractivity contribution in [1.82, 2.24) is 4.31 Å². The lowest BCUT2D eigenvalue weighted by molar-refractivity contribution is 0.0926. The third kappa shape index (κ3) is 4.01. The fourth-order valence-corrected chi connectivity index (χ4v) is 3.42. The SMILES string of the molecule is CCS(=O)(=O)N(Cc1cccc(F)c1)C[C@H]1CCCO1. The summed E-state index contributed by atoms with van der Waals surface area (Å²) < 4.78 is 44.4. The molecule has 2 rings (SSSR count). The largest absolute Gasteiger partial charge is 0.377 e. The van der Waals surface area contributed by atoms with Crippen molar-refractivity contribution in [3.05, 3.63) is 35.6 Å². The van der Waals surface area contributed by atoms with Crippen LogP contribution >= 0.6 is 0 Å². The van der Waals surface area contributed by atoms with E-state index in [0.29, 0.717) is 18.7 Å². The molecule has 0 spiro atoms. The van der Waals surface area contributed by atoms with Gasteiger partial charge in [-0.25, -0.2) is 12.8 Å². The quantitative estimate of drug-likeness (QED) is 0.809. The normalized spacial score (nSPS) is 19.6. The summed E-state index contributed by atoms with van der Waals surface area (Å²) in [5.41, 5.74) is 0.653. The topological polar surface area (TPSA) is 46.6 Å². The second-order valence-corrected chi connectivity index (χ2v) is 7.22. The lowest BCUT2D eigenvalue weighted by Gasteiger charge is -2.24. The molecule has 1 atom stereocenters. The van der Waals surface area contributed by atoms with E-state index in [1.165, 1.54) is 16.4 Å². The Balaban J connectivity index is 2.13. The van der Waals surface area contributed by atoms with Gasteiger partial charge >= 0.3 is 0 Å². The van der Waals surface area contributed by atoms with E-state index in [1.807, 2.05) is 0 Å². The first-order chi connectivity index (χ1) is 9.51. The second-order valence-electron chi connectivity index (χ2n) is 4.96. The number of nitrogens with zero attached hydrogens (tertiary/aromatic N) is 1. The molecule has 0 bridgehead atoms. The maximum Gasteiger partial charge on any atom is 0.214 e. The van der Waals surface area contributed by atoms with Gasteiger partial charge in [0.15, 0.2) is 0 Å². The van der Waals surface area contributed by atoms with Crippen molar-refractivity contribution in [3.8, 4) is 0 Å². The summed E-state index contributed by atoms with van der Waals surface area (Å²) >= 11 is 0. The maximum absolute atomic E-state index is 13.2. The summed E-state index contributed by atoms with van der Waals surface area (Å²) in [6.45, 7) is 2.83. The summed E-state index contributed by atoms with van der Waals surface area (Å²) in [7, 11) is -3.33. The van der Waals surface area contributed by atoms with E-state index in [-0.39, 0.29) is 24.2 Å². The zero-order valence-corrected chi connectivity index (χ0v) is 12.4. The highest BCUT2D eigenvalue weighted by atomic mass is 32.2. The van der Waals surface area contributed by atoms with Crippen LogP contribution in [0.5, 0.6) is 0 Å². The van der Waals surface area contributed by atoms with Gasteiger partial charge in [0.1, 0.15) is 5.82 Å². The Hall–Kier alpha value is -0.980. The molecule has 4 nitrogen and oxygen atoms in total. The minimum absolute atomic E-state index is 0.0367. The first-order valence-electron chi connectivity index (χ1n) is 6.85. The predicted octanol–water partition coefficient (Wildman–Crippen LogP) is 2.16. The standard InChI is InChI=1S/C14H20FNO3S/c1-2-20(17,18)16(11-14-7-4-8-19-14)10-12-5-3-6-13(15)9-12/h3,5-6,9,14H,2,4,7-8,10-11H2,1H3/t14-/m1/s1. The van der Waals surface area contributed by atoms with Crippen molar-refractivity contribution >= 4 is 10.0 Å². The van der Waals surface area contributed by atoms with Gasteiger partial charge in [-0.2, -0.15) is 4.31 Å². The predicted molar refractivity (Wildman–Crippen MR) is 75.2 cm³/mol. The molecule has 20 heavy (non-hydrogen) atoms. The minimum Gasteiger partial charge on any atom is -0.377 e. The highest BCUT2D eigenvalue weighted by Crippen LogP contribution is 2.18. The van der Waals surface area contributed by atoms with Gasteiger partial charge in [0.25, 0.3) is 0 Å². The molecule has 0 unspecified atom stereocenters. The Morgan fingerprint density at radius 1 is 1.45 bits per heavy atom. The average molecular weight is 301 g/mol. The van der Waals surface area contributed by atoms with E-state index in [1.54, 1.807) is 19.1 Å². The highest BCUT2D eigenvalue weighted by Gasteiger charge is 2.26. The van der Waals surface area contributed by atoms with Gasteiger partial charge in [-0.05, 0) is 37.5 Å². The van der Waals surface area contributed by atoms with Crippen LogP contribution in [-0.2, 0) is 21.3 Å². The van der Waals surface area contributed by atoms with Crippen molar-refractivity contribution in [2.45, 2.75) is 32.4 Å². The van der Waals surface area contributed by atoms with Crippen LogP contribution in [0.4, 0.5) is 4.39 Å². The lowest BCUT2D eigenvalue weighted by Crippen LogP contribution is -2.37. The van der Waals surface area contributed by atoms with E-state index >= 15 is 0 Å². The van der Waals surface area contributed by atoms with Crippen LogP contribution in [-0.4, -0.2) is 37.7 Å². The van der Waals surface area contributed by atoms with Gasteiger partial charge in [0.2, 0.25) is 10.0 Å². The monoisotopic (exact) mass is 301 g/mol. The fraction of sp³-hybridized carbons (Fsp3) is 0.571. The van der Waals surface area contributed by atoms with Crippen molar-refractivity contribution in [2.75, 3.05) is 18.9 Å². The summed E-state index contributed by atoms with van der Waals surface area (Å²) in [4.78, 5) is 0. The number of rotatable bonds is 6. The molecule has 1 heterocycles. The molecule has 1 fully saturated rings. The van der Waals surface area contributed by atoms with Crippen LogP contribution in [0.3, 0.4) is 0 Å². The molecule has 0 amide bonds. The van der Waals surface area contributed by atoms with Gasteiger partial charge < -0.3 is 4.74 Å². The van der Waals surface area contributed by atoms with Crippen molar-refractivity contribution in [3.63, 3.8) is 0 Å². The third-order valence-electron chi connectivity index (χ3n) is 3.44. The highest BCUT2D eigenvalue weighted by molar-refractivity contribution is 7.89. The van der Waals surface area contributed by atoms with E-state index in [4.69, 9.17) is 4.74 Å². The molecule has 1 aromatic carbocycles. The molecule has 0 saturated carbocycles. The van der Waals surface area contributed by atoms with Crippen LogP contribution in [0.1, 0.15) is 25.3 Å². The number of hydrogen-bond acceptors (Lipinski definition) is 3. The Bertz CT molecular complexity index is 541. The number of sulfonamides is 1. The van der Waals surface area contributed by atoms with Crippen molar-refractivity contribution in [2.24, 2.45) is 0 Å².